The smallest absolute Gasteiger partial charge is 0.340 e. The molecule has 0 spiro atoms. The van der Waals surface area contributed by atoms with Gasteiger partial charge in [0.25, 0.3) is 11.6 Å². The number of nitrogens with zero attached hydrogens (tertiary/aromatic N) is 1. The van der Waals surface area contributed by atoms with E-state index in [0.29, 0.717) is 11.3 Å². The highest BCUT2D eigenvalue weighted by atomic mass is 35.5. The lowest BCUT2D eigenvalue weighted by molar-refractivity contribution is -0.384. The highest BCUT2D eigenvalue weighted by Gasteiger charge is 2.22. The molecule has 0 aliphatic carbocycles. The second kappa shape index (κ2) is 8.41. The van der Waals surface area contributed by atoms with Crippen molar-refractivity contribution in [2.75, 3.05) is 5.32 Å². The number of amides is 1. The molecule has 2 rings (SSSR count). The number of carbonyl (C=O) groups excluding carboxylic acids is 3. The van der Waals surface area contributed by atoms with Crippen molar-refractivity contribution in [2.24, 2.45) is 0 Å². The molecule has 0 heterocycles. The summed E-state index contributed by atoms with van der Waals surface area (Å²) in [6.07, 6.45) is -1.20. The zero-order chi connectivity index (χ0) is 20.1. The molecule has 8 nitrogen and oxygen atoms in total. The Hall–Kier alpha value is -3.26. The fourth-order valence-corrected chi connectivity index (χ4v) is 2.32. The summed E-state index contributed by atoms with van der Waals surface area (Å²) < 4.78 is 5.04. The summed E-state index contributed by atoms with van der Waals surface area (Å²) in [6.45, 7) is 2.74. The van der Waals surface area contributed by atoms with Gasteiger partial charge in [-0.05, 0) is 32.0 Å². The van der Waals surface area contributed by atoms with Gasteiger partial charge >= 0.3 is 5.97 Å². The van der Waals surface area contributed by atoms with Gasteiger partial charge in [-0.15, -0.1) is 0 Å². The first-order valence-electron chi connectivity index (χ1n) is 7.76. The van der Waals surface area contributed by atoms with Crippen LogP contribution in [-0.2, 0) is 9.53 Å². The molecule has 1 N–H and O–H groups in total. The normalized spacial score (nSPS) is 11.4. The molecule has 9 heteroatoms. The Morgan fingerprint density at radius 1 is 1.19 bits per heavy atom. The maximum Gasteiger partial charge on any atom is 0.340 e. The summed E-state index contributed by atoms with van der Waals surface area (Å²) >= 11 is 5.88. The number of anilines is 1. The molecule has 0 saturated heterocycles. The molecule has 0 saturated carbocycles. The second-order valence-electron chi connectivity index (χ2n) is 5.60. The number of nitro benzene ring substituents is 1. The van der Waals surface area contributed by atoms with E-state index in [-0.39, 0.29) is 22.1 Å². The molecule has 0 aromatic heterocycles. The molecule has 140 valence electrons. The molecule has 27 heavy (non-hydrogen) atoms. The zero-order valence-corrected chi connectivity index (χ0v) is 15.1. The number of ketones is 1. The molecule has 0 unspecified atom stereocenters. The minimum absolute atomic E-state index is 0.0348. The predicted octanol–water partition coefficient (Wildman–Crippen LogP) is 3.63. The van der Waals surface area contributed by atoms with Crippen LogP contribution in [0.25, 0.3) is 0 Å². The lowest BCUT2D eigenvalue weighted by atomic mass is 10.1. The monoisotopic (exact) mass is 390 g/mol. The number of carbonyl (C=O) groups is 3. The van der Waals surface area contributed by atoms with E-state index in [1.165, 1.54) is 26.0 Å². The number of Topliss-reactive ketones (excluding diaryl/α,β-unsaturated/α-hetero) is 1. The van der Waals surface area contributed by atoms with E-state index in [4.69, 9.17) is 16.3 Å². The van der Waals surface area contributed by atoms with Gasteiger partial charge in [0.05, 0.1) is 15.5 Å². The number of hydrogen-bond acceptors (Lipinski definition) is 6. The number of nitro groups is 1. The van der Waals surface area contributed by atoms with E-state index >= 15 is 0 Å². The third-order valence-corrected chi connectivity index (χ3v) is 3.90. The molecule has 2 aromatic rings. The summed E-state index contributed by atoms with van der Waals surface area (Å²) in [5, 5.41) is 13.3. The first-order chi connectivity index (χ1) is 12.7. The fraction of sp³-hybridized carbons (Fsp3) is 0.167. The molecular formula is C18H15ClN2O6. The van der Waals surface area contributed by atoms with Gasteiger partial charge in [-0.3, -0.25) is 19.7 Å². The average Bonchev–Trinajstić information content (AvgIpc) is 2.61. The van der Waals surface area contributed by atoms with Gasteiger partial charge in [0.1, 0.15) is 0 Å². The lowest BCUT2D eigenvalue weighted by Crippen LogP contribution is -2.30. The number of benzene rings is 2. The molecular weight excluding hydrogens is 376 g/mol. The molecule has 0 fully saturated rings. The standard InChI is InChI=1S/C18H15ClN2O6/c1-10(22)12-4-3-5-13(8-12)20-17(23)11(2)27-18(24)15-9-14(21(25)26)6-7-16(15)19/h3-9,11H,1-2H3,(H,20,23)/t11-/m1/s1. The Bertz CT molecular complexity index is 928. The van der Waals surface area contributed by atoms with Crippen molar-refractivity contribution < 1.29 is 24.0 Å². The van der Waals surface area contributed by atoms with Crippen LogP contribution in [-0.4, -0.2) is 28.7 Å². The minimum Gasteiger partial charge on any atom is -0.449 e. The van der Waals surface area contributed by atoms with Crippen molar-refractivity contribution in [3.63, 3.8) is 0 Å². The molecule has 0 aliphatic rings. The molecule has 2 aromatic carbocycles. The first kappa shape index (κ1) is 20.1. The van der Waals surface area contributed by atoms with E-state index in [2.05, 4.69) is 5.32 Å². The van der Waals surface area contributed by atoms with Gasteiger partial charge < -0.3 is 10.1 Å². The summed E-state index contributed by atoms with van der Waals surface area (Å²) in [5.41, 5.74) is 0.235. The fourth-order valence-electron chi connectivity index (χ4n) is 2.12. The number of halogens is 1. The molecule has 0 aliphatic heterocycles. The van der Waals surface area contributed by atoms with Crippen LogP contribution in [0.2, 0.25) is 5.02 Å². The van der Waals surface area contributed by atoms with Crippen molar-refractivity contribution >= 4 is 40.6 Å². The summed E-state index contributed by atoms with van der Waals surface area (Å²) in [6, 6.07) is 9.61. The van der Waals surface area contributed by atoms with Gasteiger partial charge in [-0.1, -0.05) is 23.7 Å². The predicted molar refractivity (Wildman–Crippen MR) is 98.1 cm³/mol. The second-order valence-corrected chi connectivity index (χ2v) is 6.00. The number of nitrogens with one attached hydrogen (secondary N) is 1. The van der Waals surface area contributed by atoms with Gasteiger partial charge in [-0.25, -0.2) is 4.79 Å². The van der Waals surface area contributed by atoms with Crippen LogP contribution in [0.1, 0.15) is 34.6 Å². The average molecular weight is 391 g/mol. The number of ether oxygens (including phenoxy) is 1. The minimum atomic E-state index is -1.20. The molecule has 0 radical (unpaired) electrons. The Morgan fingerprint density at radius 2 is 1.89 bits per heavy atom. The Balaban J connectivity index is 2.09. The van der Waals surface area contributed by atoms with Crippen molar-refractivity contribution in [3.05, 3.63) is 68.7 Å². The first-order valence-corrected chi connectivity index (χ1v) is 8.13. The van der Waals surface area contributed by atoms with E-state index in [9.17, 15) is 24.5 Å². The maximum absolute atomic E-state index is 12.2. The van der Waals surface area contributed by atoms with Gasteiger partial charge in [0.15, 0.2) is 11.9 Å². The summed E-state index contributed by atoms with van der Waals surface area (Å²) in [4.78, 5) is 45.9. The van der Waals surface area contributed by atoms with E-state index in [1.807, 2.05) is 0 Å². The SMILES string of the molecule is CC(=O)c1cccc(NC(=O)[C@@H](C)OC(=O)c2cc([N+](=O)[O-])ccc2Cl)c1. The van der Waals surface area contributed by atoms with Crippen LogP contribution in [0.5, 0.6) is 0 Å². The highest BCUT2D eigenvalue weighted by molar-refractivity contribution is 6.33. The van der Waals surface area contributed by atoms with Gasteiger partial charge in [0, 0.05) is 23.4 Å². The van der Waals surface area contributed by atoms with Crippen LogP contribution < -0.4 is 5.32 Å². The highest BCUT2D eigenvalue weighted by Crippen LogP contribution is 2.23. The van der Waals surface area contributed by atoms with E-state index in [1.54, 1.807) is 18.2 Å². The Kier molecular flexibility index (Phi) is 6.25. The number of non-ortho nitro benzene ring substituents is 1. The Morgan fingerprint density at radius 3 is 2.52 bits per heavy atom. The van der Waals surface area contributed by atoms with Crippen LogP contribution in [0, 0.1) is 10.1 Å². The number of hydrogen-bond donors (Lipinski definition) is 1. The quantitative estimate of drug-likeness (QED) is 0.348. The van der Waals surface area contributed by atoms with Crippen LogP contribution in [0.3, 0.4) is 0 Å². The molecule has 1 atom stereocenters. The van der Waals surface area contributed by atoms with Crippen molar-refractivity contribution in [3.8, 4) is 0 Å². The van der Waals surface area contributed by atoms with Crippen LogP contribution in [0.15, 0.2) is 42.5 Å². The van der Waals surface area contributed by atoms with E-state index < -0.39 is 22.9 Å². The van der Waals surface area contributed by atoms with Gasteiger partial charge in [0.2, 0.25) is 0 Å². The lowest BCUT2D eigenvalue weighted by Gasteiger charge is -2.14. The molecule has 1 amide bonds. The third-order valence-electron chi connectivity index (χ3n) is 3.57. The van der Waals surface area contributed by atoms with Crippen LogP contribution in [0.4, 0.5) is 11.4 Å². The zero-order valence-electron chi connectivity index (χ0n) is 14.4. The summed E-state index contributed by atoms with van der Waals surface area (Å²) in [5.74, 6) is -1.76. The van der Waals surface area contributed by atoms with Crippen molar-refractivity contribution in [1.29, 1.82) is 0 Å². The molecule has 0 bridgehead atoms. The summed E-state index contributed by atoms with van der Waals surface area (Å²) in [7, 11) is 0. The third kappa shape index (κ3) is 5.11. The number of rotatable bonds is 6. The largest absolute Gasteiger partial charge is 0.449 e. The van der Waals surface area contributed by atoms with Crippen LogP contribution >= 0.6 is 11.6 Å². The number of esters is 1. The maximum atomic E-state index is 12.2. The Labute approximate surface area is 159 Å². The topological polar surface area (TPSA) is 116 Å². The van der Waals surface area contributed by atoms with Crippen molar-refractivity contribution in [2.45, 2.75) is 20.0 Å². The van der Waals surface area contributed by atoms with Gasteiger partial charge in [-0.2, -0.15) is 0 Å². The van der Waals surface area contributed by atoms with Crippen molar-refractivity contribution in [1.82, 2.24) is 0 Å². The van der Waals surface area contributed by atoms with E-state index in [0.717, 1.165) is 12.1 Å².